The minimum absolute atomic E-state index is 0.0115. The number of hydrogen-bond donors (Lipinski definition) is 4. The fraction of sp³-hybridized carbons (Fsp3) is 0.522. The summed E-state index contributed by atoms with van der Waals surface area (Å²) < 4.78 is 53.8. The number of amides is 1. The lowest BCUT2D eigenvalue weighted by Crippen LogP contribution is -2.66. The third-order valence-electron chi connectivity index (χ3n) is 6.41. The van der Waals surface area contributed by atoms with Crippen LogP contribution < -0.4 is 16.0 Å². The van der Waals surface area contributed by atoms with E-state index in [-0.39, 0.29) is 44.2 Å². The van der Waals surface area contributed by atoms with Gasteiger partial charge in [0.25, 0.3) is 0 Å². The van der Waals surface area contributed by atoms with Gasteiger partial charge in [0.15, 0.2) is 11.6 Å². The number of hydrogen-bond acceptors (Lipinski definition) is 8. The van der Waals surface area contributed by atoms with Crippen molar-refractivity contribution in [3.8, 4) is 0 Å². The number of nitrogens with two attached hydrogens (primary N) is 1. The van der Waals surface area contributed by atoms with Gasteiger partial charge in [-0.15, -0.1) is 0 Å². The Balaban J connectivity index is 1.72. The number of nitrogens with one attached hydrogen (secondary N) is 1. The first-order chi connectivity index (χ1) is 16.8. The summed E-state index contributed by atoms with van der Waals surface area (Å²) in [4.78, 5) is 22.3. The van der Waals surface area contributed by atoms with Crippen LogP contribution in [0.5, 0.6) is 0 Å². The van der Waals surface area contributed by atoms with E-state index in [4.69, 9.17) is 5.73 Å². The van der Waals surface area contributed by atoms with Crippen molar-refractivity contribution >= 4 is 17.5 Å². The smallest absolute Gasteiger partial charge is 0.386 e. The average Bonchev–Trinajstić information content (AvgIpc) is 2.79. The lowest BCUT2D eigenvalue weighted by atomic mass is 9.78. The molecule has 1 aliphatic heterocycles. The van der Waals surface area contributed by atoms with Crippen molar-refractivity contribution in [2.45, 2.75) is 44.2 Å². The van der Waals surface area contributed by atoms with E-state index in [1.165, 1.54) is 24.0 Å². The molecule has 0 unspecified atom stereocenters. The first kappa shape index (κ1) is 27.6. The third-order valence-corrected chi connectivity index (χ3v) is 6.41. The molecular formula is C23H30F4N6O3. The van der Waals surface area contributed by atoms with Crippen LogP contribution in [0.15, 0.2) is 30.6 Å². The van der Waals surface area contributed by atoms with Crippen molar-refractivity contribution in [2.24, 2.45) is 5.73 Å². The van der Waals surface area contributed by atoms with Crippen LogP contribution in [-0.2, 0) is 17.5 Å². The number of alkyl halides is 3. The molecule has 3 rings (SSSR count). The second-order valence-corrected chi connectivity index (χ2v) is 9.15. The van der Waals surface area contributed by atoms with Gasteiger partial charge in [-0.2, -0.15) is 17.6 Å². The lowest BCUT2D eigenvalue weighted by molar-refractivity contribution is -0.173. The molecule has 5 N–H and O–H groups in total. The molecule has 0 aliphatic carbocycles. The minimum atomic E-state index is -4.45. The van der Waals surface area contributed by atoms with Crippen LogP contribution in [0.4, 0.5) is 29.2 Å². The molecule has 0 bridgehead atoms. The minimum Gasteiger partial charge on any atom is -0.386 e. The van der Waals surface area contributed by atoms with Gasteiger partial charge in [-0.05, 0) is 38.0 Å². The van der Waals surface area contributed by atoms with Gasteiger partial charge in [-0.3, -0.25) is 9.69 Å². The summed E-state index contributed by atoms with van der Waals surface area (Å²) in [5, 5.41) is 24.7. The summed E-state index contributed by atoms with van der Waals surface area (Å²) in [5.74, 6) is -1.62. The molecule has 1 aromatic heterocycles. The van der Waals surface area contributed by atoms with Crippen LogP contribution in [-0.4, -0.2) is 74.9 Å². The Kier molecular flexibility index (Phi) is 8.06. The zero-order chi connectivity index (χ0) is 26.7. The SMILES string of the molecule is CCN(Cc1ccc(C(F)(F)F)cc1)c1ncnc(NC[C@]2(O)CCN(CC(N)=O)C[C@]2(C)O)c1F. The van der Waals surface area contributed by atoms with E-state index >= 15 is 4.39 Å². The molecule has 1 amide bonds. The summed E-state index contributed by atoms with van der Waals surface area (Å²) in [6, 6.07) is 4.58. The van der Waals surface area contributed by atoms with Crippen molar-refractivity contribution in [3.05, 3.63) is 47.5 Å². The van der Waals surface area contributed by atoms with Gasteiger partial charge in [0.2, 0.25) is 11.7 Å². The van der Waals surface area contributed by atoms with Gasteiger partial charge in [-0.1, -0.05) is 12.1 Å². The molecule has 1 aromatic carbocycles. The lowest BCUT2D eigenvalue weighted by Gasteiger charge is -2.48. The predicted molar refractivity (Wildman–Crippen MR) is 124 cm³/mol. The van der Waals surface area contributed by atoms with Gasteiger partial charge >= 0.3 is 6.18 Å². The van der Waals surface area contributed by atoms with Crippen molar-refractivity contribution in [1.82, 2.24) is 14.9 Å². The Labute approximate surface area is 205 Å². The van der Waals surface area contributed by atoms with Crippen LogP contribution in [0.3, 0.4) is 0 Å². The quantitative estimate of drug-likeness (QED) is 0.373. The zero-order valence-corrected chi connectivity index (χ0v) is 20.0. The number of nitrogens with zero attached hydrogens (tertiary/aromatic N) is 4. The number of anilines is 2. The van der Waals surface area contributed by atoms with Crippen LogP contribution in [0.1, 0.15) is 31.4 Å². The fourth-order valence-electron chi connectivity index (χ4n) is 4.20. The van der Waals surface area contributed by atoms with Gasteiger partial charge in [-0.25, -0.2) is 9.97 Å². The molecule has 0 spiro atoms. The van der Waals surface area contributed by atoms with Crippen molar-refractivity contribution in [2.75, 3.05) is 42.9 Å². The van der Waals surface area contributed by atoms with Crippen LogP contribution in [0, 0.1) is 5.82 Å². The molecule has 0 saturated carbocycles. The van der Waals surface area contributed by atoms with E-state index in [1.807, 2.05) is 0 Å². The number of rotatable bonds is 9. The molecule has 9 nitrogen and oxygen atoms in total. The standard InChI is InChI=1S/C23H30F4N6O3/c1-3-33(10-15-4-6-16(7-5-15)23(25,26)27)20-18(24)19(30-14-31-20)29-12-22(36)8-9-32(11-17(28)34)13-21(22,2)35/h4-7,14,35-36H,3,8-13H2,1-2H3,(H2,28,34)(H,29,30,31)/t21-,22+/m0/s1. The summed E-state index contributed by atoms with van der Waals surface area (Å²) >= 11 is 0. The number of piperidine rings is 1. The monoisotopic (exact) mass is 514 g/mol. The number of carbonyl (C=O) groups is 1. The Bertz CT molecular complexity index is 1070. The molecule has 2 atom stereocenters. The number of primary amides is 1. The molecule has 0 radical (unpaired) electrons. The van der Waals surface area contributed by atoms with Crippen LogP contribution >= 0.6 is 0 Å². The van der Waals surface area contributed by atoms with E-state index in [1.54, 1.807) is 11.8 Å². The van der Waals surface area contributed by atoms with Gasteiger partial charge in [0, 0.05) is 32.7 Å². The van der Waals surface area contributed by atoms with Gasteiger partial charge < -0.3 is 26.2 Å². The van der Waals surface area contributed by atoms with E-state index in [2.05, 4.69) is 15.3 Å². The molecule has 2 heterocycles. The van der Waals surface area contributed by atoms with E-state index in [0.29, 0.717) is 18.7 Å². The molecule has 13 heteroatoms. The normalized spacial score (nSPS) is 22.9. The Morgan fingerprint density at radius 3 is 2.47 bits per heavy atom. The van der Waals surface area contributed by atoms with E-state index in [0.717, 1.165) is 18.5 Å². The number of β-amino-alcohol motifs (C(OH)–C–C–N with tert-alkyl or cyclic N) is 1. The summed E-state index contributed by atoms with van der Waals surface area (Å²) in [7, 11) is 0. The number of carbonyl (C=O) groups excluding carboxylic acids is 1. The van der Waals surface area contributed by atoms with E-state index < -0.39 is 34.7 Å². The summed E-state index contributed by atoms with van der Waals surface area (Å²) in [6.45, 7) is 3.58. The molecule has 2 aromatic rings. The van der Waals surface area contributed by atoms with Gasteiger partial charge in [0.05, 0.1) is 12.1 Å². The second kappa shape index (κ2) is 10.5. The molecule has 1 aliphatic rings. The third kappa shape index (κ3) is 6.20. The summed E-state index contributed by atoms with van der Waals surface area (Å²) in [5.41, 5.74) is 1.69. The zero-order valence-electron chi connectivity index (χ0n) is 20.0. The number of benzene rings is 1. The van der Waals surface area contributed by atoms with Crippen LogP contribution in [0.25, 0.3) is 0 Å². The largest absolute Gasteiger partial charge is 0.416 e. The molecule has 1 saturated heterocycles. The maximum Gasteiger partial charge on any atom is 0.416 e. The topological polar surface area (TPSA) is 128 Å². The van der Waals surface area contributed by atoms with E-state index in [9.17, 15) is 28.2 Å². The maximum absolute atomic E-state index is 15.3. The van der Waals surface area contributed by atoms with Crippen molar-refractivity contribution < 1.29 is 32.6 Å². The Hall–Kier alpha value is -3.03. The summed E-state index contributed by atoms with van der Waals surface area (Å²) in [6.07, 6.45) is -3.22. The number of halogens is 4. The number of likely N-dealkylation sites (tertiary alicyclic amines) is 1. The fourth-order valence-corrected chi connectivity index (χ4v) is 4.20. The molecule has 198 valence electrons. The van der Waals surface area contributed by atoms with Crippen molar-refractivity contribution in [1.29, 1.82) is 0 Å². The first-order valence-corrected chi connectivity index (χ1v) is 11.4. The maximum atomic E-state index is 15.3. The van der Waals surface area contributed by atoms with Crippen LogP contribution in [0.2, 0.25) is 0 Å². The predicted octanol–water partition coefficient (Wildman–Crippen LogP) is 1.75. The Morgan fingerprint density at radius 1 is 1.25 bits per heavy atom. The molecule has 36 heavy (non-hydrogen) atoms. The number of aliphatic hydroxyl groups is 2. The highest BCUT2D eigenvalue weighted by molar-refractivity contribution is 5.75. The first-order valence-electron chi connectivity index (χ1n) is 11.4. The van der Waals surface area contributed by atoms with Crippen molar-refractivity contribution in [3.63, 3.8) is 0 Å². The van der Waals surface area contributed by atoms with Gasteiger partial charge in [0.1, 0.15) is 17.5 Å². The highest BCUT2D eigenvalue weighted by atomic mass is 19.4. The second-order valence-electron chi connectivity index (χ2n) is 9.15. The number of aromatic nitrogens is 2. The molecular weight excluding hydrogens is 484 g/mol. The average molecular weight is 515 g/mol. The highest BCUT2D eigenvalue weighted by Crippen LogP contribution is 2.33. The Morgan fingerprint density at radius 2 is 1.92 bits per heavy atom. The highest BCUT2D eigenvalue weighted by Gasteiger charge is 2.49. The molecule has 1 fully saturated rings.